The van der Waals surface area contributed by atoms with Crippen LogP contribution in [0.25, 0.3) is 0 Å². The summed E-state index contributed by atoms with van der Waals surface area (Å²) < 4.78 is 0. The number of hydrogen-bond acceptors (Lipinski definition) is 2. The highest BCUT2D eigenvalue weighted by Crippen LogP contribution is 2.19. The molecule has 84 valence electrons. The average Bonchev–Trinajstić information content (AvgIpc) is 2.27. The van der Waals surface area contributed by atoms with Crippen molar-refractivity contribution in [3.05, 3.63) is 0 Å². The molecule has 0 spiro atoms. The van der Waals surface area contributed by atoms with Crippen LogP contribution in [0, 0.1) is 5.92 Å². The Hall–Kier alpha value is -0.0800. The van der Waals surface area contributed by atoms with Gasteiger partial charge in [0.25, 0.3) is 0 Å². The molecule has 1 aliphatic rings. The smallest absolute Gasteiger partial charge is 0.0119 e. The van der Waals surface area contributed by atoms with Crippen LogP contribution in [0.4, 0.5) is 0 Å². The van der Waals surface area contributed by atoms with E-state index < -0.39 is 0 Å². The molecule has 1 N–H and O–H groups in total. The Labute approximate surface area is 89.1 Å². The fraction of sp³-hybridized carbons (Fsp3) is 1.00. The van der Waals surface area contributed by atoms with Gasteiger partial charge in [0.1, 0.15) is 0 Å². The zero-order valence-electron chi connectivity index (χ0n) is 10.2. The summed E-state index contributed by atoms with van der Waals surface area (Å²) in [5.74, 6) is 0.815. The SMILES string of the molecule is CCC(C)C(C)N(C)C1CCNCC1. The first-order valence-corrected chi connectivity index (χ1v) is 6.09. The molecule has 0 aromatic heterocycles. The van der Waals surface area contributed by atoms with Gasteiger partial charge in [-0.2, -0.15) is 0 Å². The lowest BCUT2D eigenvalue weighted by atomic mass is 9.96. The van der Waals surface area contributed by atoms with Gasteiger partial charge in [0.15, 0.2) is 0 Å². The van der Waals surface area contributed by atoms with Crippen molar-refractivity contribution in [1.29, 1.82) is 0 Å². The highest BCUT2D eigenvalue weighted by molar-refractivity contribution is 4.80. The van der Waals surface area contributed by atoms with Gasteiger partial charge >= 0.3 is 0 Å². The van der Waals surface area contributed by atoms with Crippen molar-refractivity contribution in [3.63, 3.8) is 0 Å². The summed E-state index contributed by atoms with van der Waals surface area (Å²) in [6.45, 7) is 9.42. The molecular weight excluding hydrogens is 172 g/mol. The second kappa shape index (κ2) is 5.72. The molecular formula is C12H26N2. The van der Waals surface area contributed by atoms with E-state index in [9.17, 15) is 0 Å². The fourth-order valence-electron chi connectivity index (χ4n) is 2.29. The summed E-state index contributed by atoms with van der Waals surface area (Å²) in [6, 6.07) is 1.53. The summed E-state index contributed by atoms with van der Waals surface area (Å²) in [5.41, 5.74) is 0. The molecule has 1 aliphatic heterocycles. The van der Waals surface area contributed by atoms with E-state index in [0.717, 1.165) is 18.0 Å². The molecule has 1 rings (SSSR count). The second-order valence-electron chi connectivity index (χ2n) is 4.77. The molecule has 2 heteroatoms. The molecule has 2 nitrogen and oxygen atoms in total. The van der Waals surface area contributed by atoms with Gasteiger partial charge in [0.2, 0.25) is 0 Å². The van der Waals surface area contributed by atoms with Crippen molar-refractivity contribution in [2.24, 2.45) is 5.92 Å². The topological polar surface area (TPSA) is 15.3 Å². The summed E-state index contributed by atoms with van der Waals surface area (Å²) in [7, 11) is 2.30. The third-order valence-electron chi connectivity index (χ3n) is 3.99. The molecule has 0 aromatic rings. The van der Waals surface area contributed by atoms with Crippen LogP contribution in [0.2, 0.25) is 0 Å². The van der Waals surface area contributed by atoms with Crippen molar-refractivity contribution in [3.8, 4) is 0 Å². The Bertz CT molecular complexity index is 150. The van der Waals surface area contributed by atoms with Crippen LogP contribution in [0.5, 0.6) is 0 Å². The van der Waals surface area contributed by atoms with Gasteiger partial charge in [-0.15, -0.1) is 0 Å². The molecule has 0 bridgehead atoms. The van der Waals surface area contributed by atoms with Crippen LogP contribution in [-0.2, 0) is 0 Å². The van der Waals surface area contributed by atoms with Gasteiger partial charge in [0.05, 0.1) is 0 Å². The predicted molar refractivity (Wildman–Crippen MR) is 62.6 cm³/mol. The Balaban J connectivity index is 2.41. The molecule has 0 aliphatic carbocycles. The Morgan fingerprint density at radius 2 is 1.86 bits per heavy atom. The van der Waals surface area contributed by atoms with E-state index in [1.165, 1.54) is 32.4 Å². The van der Waals surface area contributed by atoms with Gasteiger partial charge in [-0.1, -0.05) is 20.3 Å². The summed E-state index contributed by atoms with van der Waals surface area (Å²) in [6.07, 6.45) is 3.92. The number of piperidine rings is 1. The Kier molecular flexibility index (Phi) is 4.90. The van der Waals surface area contributed by atoms with Crippen LogP contribution < -0.4 is 5.32 Å². The van der Waals surface area contributed by atoms with Crippen LogP contribution >= 0.6 is 0 Å². The van der Waals surface area contributed by atoms with E-state index >= 15 is 0 Å². The van der Waals surface area contributed by atoms with Crippen molar-refractivity contribution >= 4 is 0 Å². The number of rotatable bonds is 4. The zero-order chi connectivity index (χ0) is 10.6. The van der Waals surface area contributed by atoms with Gasteiger partial charge in [0, 0.05) is 12.1 Å². The van der Waals surface area contributed by atoms with Crippen LogP contribution in [0.15, 0.2) is 0 Å². The quantitative estimate of drug-likeness (QED) is 0.744. The predicted octanol–water partition coefficient (Wildman–Crippen LogP) is 2.10. The normalized spacial score (nSPS) is 23.8. The minimum absolute atomic E-state index is 0.725. The standard InChI is InChI=1S/C12H26N2/c1-5-10(2)11(3)14(4)12-6-8-13-9-7-12/h10-13H,5-9H2,1-4H3. The molecule has 14 heavy (non-hydrogen) atoms. The van der Waals surface area contributed by atoms with E-state index in [0.29, 0.717) is 0 Å². The maximum atomic E-state index is 3.43. The van der Waals surface area contributed by atoms with Gasteiger partial charge in [-0.3, -0.25) is 0 Å². The summed E-state index contributed by atoms with van der Waals surface area (Å²) in [4.78, 5) is 2.59. The number of nitrogens with one attached hydrogen (secondary N) is 1. The van der Waals surface area contributed by atoms with E-state index in [2.05, 4.69) is 38.0 Å². The number of hydrogen-bond donors (Lipinski definition) is 1. The second-order valence-corrected chi connectivity index (χ2v) is 4.77. The molecule has 1 saturated heterocycles. The lowest BCUT2D eigenvalue weighted by Gasteiger charge is -2.38. The summed E-state index contributed by atoms with van der Waals surface area (Å²) >= 11 is 0. The highest BCUT2D eigenvalue weighted by Gasteiger charge is 2.23. The van der Waals surface area contributed by atoms with Gasteiger partial charge in [-0.25, -0.2) is 0 Å². The lowest BCUT2D eigenvalue weighted by molar-refractivity contribution is 0.117. The lowest BCUT2D eigenvalue weighted by Crippen LogP contribution is -2.46. The van der Waals surface area contributed by atoms with Crippen molar-refractivity contribution in [2.45, 2.75) is 52.1 Å². The van der Waals surface area contributed by atoms with Crippen LogP contribution in [0.3, 0.4) is 0 Å². The van der Waals surface area contributed by atoms with Crippen LogP contribution in [-0.4, -0.2) is 37.1 Å². The first kappa shape index (κ1) is 12.0. The average molecular weight is 198 g/mol. The van der Waals surface area contributed by atoms with Crippen molar-refractivity contribution in [2.75, 3.05) is 20.1 Å². The monoisotopic (exact) mass is 198 g/mol. The molecule has 0 saturated carbocycles. The van der Waals surface area contributed by atoms with Gasteiger partial charge in [-0.05, 0) is 45.8 Å². The third-order valence-corrected chi connectivity index (χ3v) is 3.99. The van der Waals surface area contributed by atoms with E-state index in [4.69, 9.17) is 0 Å². The molecule has 1 fully saturated rings. The van der Waals surface area contributed by atoms with E-state index in [1.807, 2.05) is 0 Å². The van der Waals surface area contributed by atoms with E-state index in [-0.39, 0.29) is 0 Å². The van der Waals surface area contributed by atoms with Crippen molar-refractivity contribution in [1.82, 2.24) is 10.2 Å². The molecule has 0 aromatic carbocycles. The van der Waals surface area contributed by atoms with Gasteiger partial charge < -0.3 is 10.2 Å². The Morgan fingerprint density at radius 1 is 1.29 bits per heavy atom. The largest absolute Gasteiger partial charge is 0.317 e. The Morgan fingerprint density at radius 3 is 2.36 bits per heavy atom. The molecule has 2 unspecified atom stereocenters. The minimum atomic E-state index is 0.725. The first-order valence-electron chi connectivity index (χ1n) is 6.09. The van der Waals surface area contributed by atoms with E-state index in [1.54, 1.807) is 0 Å². The molecule has 1 heterocycles. The number of nitrogens with zero attached hydrogens (tertiary/aromatic N) is 1. The zero-order valence-corrected chi connectivity index (χ0v) is 10.2. The highest BCUT2D eigenvalue weighted by atomic mass is 15.2. The maximum Gasteiger partial charge on any atom is 0.0119 e. The molecule has 0 amide bonds. The first-order chi connectivity index (χ1) is 6.66. The van der Waals surface area contributed by atoms with Crippen LogP contribution in [0.1, 0.15) is 40.0 Å². The summed E-state index contributed by atoms with van der Waals surface area (Å²) in [5, 5.41) is 3.43. The van der Waals surface area contributed by atoms with Crippen molar-refractivity contribution < 1.29 is 0 Å². The molecule has 0 radical (unpaired) electrons. The maximum absolute atomic E-state index is 3.43. The minimum Gasteiger partial charge on any atom is -0.317 e. The third kappa shape index (κ3) is 2.96. The molecule has 2 atom stereocenters. The fourth-order valence-corrected chi connectivity index (χ4v) is 2.29.